The summed E-state index contributed by atoms with van der Waals surface area (Å²) in [5.74, 6) is 0.897. The minimum atomic E-state index is -1.39. The molecule has 0 saturated carbocycles. The van der Waals surface area contributed by atoms with E-state index < -0.39 is 15.1 Å². The first-order valence-corrected chi connectivity index (χ1v) is 8.20. The summed E-state index contributed by atoms with van der Waals surface area (Å²) in [5, 5.41) is 1.07. The van der Waals surface area contributed by atoms with E-state index in [4.69, 9.17) is 18.3 Å². The summed E-state index contributed by atoms with van der Waals surface area (Å²) < 4.78 is 22.7. The molecule has 5 heteroatoms. The summed E-state index contributed by atoms with van der Waals surface area (Å²) in [4.78, 5) is 0. The van der Waals surface area contributed by atoms with Crippen molar-refractivity contribution in [1.29, 1.82) is 0 Å². The molecule has 1 aliphatic heterocycles. The number of ether oxygens (including phenoxy) is 2. The van der Waals surface area contributed by atoms with E-state index in [2.05, 4.69) is 19.9 Å². The van der Waals surface area contributed by atoms with Crippen LogP contribution in [0.15, 0.2) is 18.2 Å². The van der Waals surface area contributed by atoms with Crippen LogP contribution < -0.4 is 9.92 Å². The van der Waals surface area contributed by atoms with Crippen molar-refractivity contribution in [3.63, 3.8) is 0 Å². The Morgan fingerprint density at radius 3 is 2.60 bits per heavy atom. The molecular weight excluding hydrogens is 272 g/mol. The summed E-state index contributed by atoms with van der Waals surface area (Å²) in [7, 11) is 1.95. The third kappa shape index (κ3) is 3.41. The van der Waals surface area contributed by atoms with Crippen molar-refractivity contribution in [1.82, 2.24) is 0 Å². The Labute approximate surface area is 122 Å². The fourth-order valence-corrected chi connectivity index (χ4v) is 3.72. The van der Waals surface area contributed by atoms with Gasteiger partial charge in [0.1, 0.15) is 5.75 Å². The van der Waals surface area contributed by atoms with Crippen molar-refractivity contribution in [2.45, 2.75) is 39.6 Å². The van der Waals surface area contributed by atoms with E-state index in [9.17, 15) is 0 Å². The van der Waals surface area contributed by atoms with Crippen molar-refractivity contribution in [3.8, 4) is 5.75 Å². The molecule has 111 valence electrons. The first-order valence-electron chi connectivity index (χ1n) is 6.88. The lowest BCUT2D eigenvalue weighted by atomic mass is 10.0. The molecule has 0 amide bonds. The first kappa shape index (κ1) is 15.5. The van der Waals surface area contributed by atoms with Gasteiger partial charge < -0.3 is 18.3 Å². The lowest BCUT2D eigenvalue weighted by Crippen LogP contribution is -2.41. The van der Waals surface area contributed by atoms with Gasteiger partial charge in [-0.3, -0.25) is 0 Å². The highest BCUT2D eigenvalue weighted by molar-refractivity contribution is 6.61. The maximum absolute atomic E-state index is 6.04. The molecule has 0 aromatic heterocycles. The van der Waals surface area contributed by atoms with E-state index in [0.717, 1.165) is 22.9 Å². The molecule has 1 unspecified atom stereocenters. The average molecular weight is 295 g/mol. The van der Waals surface area contributed by atoms with E-state index >= 15 is 0 Å². The molecule has 1 aromatic carbocycles. The van der Waals surface area contributed by atoms with Gasteiger partial charge in [0.05, 0.1) is 6.61 Å². The van der Waals surface area contributed by atoms with Crippen LogP contribution in [0.1, 0.15) is 32.8 Å². The van der Waals surface area contributed by atoms with Gasteiger partial charge >= 0.3 is 9.28 Å². The molecule has 1 heterocycles. The van der Waals surface area contributed by atoms with Gasteiger partial charge in [0.25, 0.3) is 0 Å². The molecule has 0 saturated heterocycles. The Kier molecular flexibility index (Phi) is 4.85. The molecule has 0 aliphatic carbocycles. The zero-order valence-corrected chi connectivity index (χ0v) is 13.9. The lowest BCUT2D eigenvalue weighted by Gasteiger charge is -2.37. The van der Waals surface area contributed by atoms with Crippen molar-refractivity contribution in [2.24, 2.45) is 5.92 Å². The molecule has 4 nitrogen and oxygen atoms in total. The Morgan fingerprint density at radius 2 is 2.00 bits per heavy atom. The molecule has 1 radical (unpaired) electrons. The second kappa shape index (κ2) is 6.26. The minimum absolute atomic E-state index is 0.526. The number of fused-ring (bicyclic) bond motifs is 1. The van der Waals surface area contributed by atoms with Crippen molar-refractivity contribution in [2.75, 3.05) is 14.2 Å². The molecule has 20 heavy (non-hydrogen) atoms. The summed E-state index contributed by atoms with van der Waals surface area (Å²) in [5.41, 5.74) is 1.06. The van der Waals surface area contributed by atoms with Crippen LogP contribution in [0.2, 0.25) is 0 Å². The number of rotatable bonds is 5. The van der Waals surface area contributed by atoms with Crippen molar-refractivity contribution in [3.05, 3.63) is 23.8 Å². The van der Waals surface area contributed by atoms with Gasteiger partial charge in [-0.1, -0.05) is 19.9 Å². The topological polar surface area (TPSA) is 36.9 Å². The Hall–Kier alpha value is -0.883. The summed E-state index contributed by atoms with van der Waals surface area (Å²) in [6.07, 6.45) is 0.874. The molecule has 0 N–H and O–H groups in total. The van der Waals surface area contributed by atoms with E-state index in [0.29, 0.717) is 12.5 Å². The third-order valence-electron chi connectivity index (χ3n) is 3.30. The van der Waals surface area contributed by atoms with Gasteiger partial charge in [-0.15, -0.1) is 0 Å². The van der Waals surface area contributed by atoms with Gasteiger partial charge in [0.15, 0.2) is 0 Å². The average Bonchev–Trinajstić information content (AvgIpc) is 2.39. The summed E-state index contributed by atoms with van der Waals surface area (Å²) in [6, 6.07) is 6.07. The molecule has 2 rings (SSSR count). The quantitative estimate of drug-likeness (QED) is 0.781. The molecule has 1 aliphatic rings. The largest absolute Gasteiger partial charge is 0.462 e. The van der Waals surface area contributed by atoms with E-state index in [1.165, 1.54) is 0 Å². The second-order valence-electron chi connectivity index (χ2n) is 5.64. The summed E-state index contributed by atoms with van der Waals surface area (Å²) in [6.45, 7) is 6.91. The standard InChI is InChI=1S/C15H23O4Si/c1-11(2)9-15(3)18-10-12-8-13(20(16-4)17-5)6-7-14(12)19-15/h6-8,11H,9-10H2,1-5H3. The lowest BCUT2D eigenvalue weighted by molar-refractivity contribution is -0.202. The van der Waals surface area contributed by atoms with Gasteiger partial charge in [-0.25, -0.2) is 0 Å². The zero-order chi connectivity index (χ0) is 14.8. The second-order valence-corrected chi connectivity index (χ2v) is 7.61. The van der Waals surface area contributed by atoms with Crippen LogP contribution in [-0.4, -0.2) is 29.3 Å². The van der Waals surface area contributed by atoms with Crippen LogP contribution in [0.3, 0.4) is 0 Å². The maximum atomic E-state index is 6.04. The molecule has 0 fully saturated rings. The van der Waals surface area contributed by atoms with Gasteiger partial charge in [0, 0.05) is 33.1 Å². The highest BCUT2D eigenvalue weighted by Crippen LogP contribution is 2.34. The first-order chi connectivity index (χ1) is 9.47. The van der Waals surface area contributed by atoms with Gasteiger partial charge in [-0.2, -0.15) is 0 Å². The van der Waals surface area contributed by atoms with Gasteiger partial charge in [-0.05, 0) is 23.2 Å². The maximum Gasteiger partial charge on any atom is 0.423 e. The molecule has 1 atom stereocenters. The van der Waals surface area contributed by atoms with E-state index in [-0.39, 0.29) is 0 Å². The van der Waals surface area contributed by atoms with E-state index in [1.54, 1.807) is 14.2 Å². The van der Waals surface area contributed by atoms with Crippen LogP contribution in [0, 0.1) is 5.92 Å². The number of hydrogen-bond donors (Lipinski definition) is 0. The molecule has 0 spiro atoms. The normalized spacial score (nSPS) is 21.9. The fraction of sp³-hybridized carbons (Fsp3) is 0.600. The number of hydrogen-bond acceptors (Lipinski definition) is 4. The third-order valence-corrected chi connectivity index (χ3v) is 4.83. The van der Waals surface area contributed by atoms with Gasteiger partial charge in [0.2, 0.25) is 5.79 Å². The fourth-order valence-electron chi connectivity index (χ4n) is 2.57. The Morgan fingerprint density at radius 1 is 1.30 bits per heavy atom. The minimum Gasteiger partial charge on any atom is -0.462 e. The predicted molar refractivity (Wildman–Crippen MR) is 79.1 cm³/mol. The van der Waals surface area contributed by atoms with Crippen LogP contribution in [0.5, 0.6) is 5.75 Å². The Balaban J connectivity index is 2.19. The van der Waals surface area contributed by atoms with Crippen molar-refractivity contribution >= 4 is 14.5 Å². The van der Waals surface area contributed by atoms with Crippen LogP contribution >= 0.6 is 0 Å². The zero-order valence-electron chi connectivity index (χ0n) is 12.9. The SMILES string of the molecule is CO[Si](OC)c1ccc2c(c1)COC(C)(CC(C)C)O2. The monoisotopic (exact) mass is 295 g/mol. The van der Waals surface area contributed by atoms with Crippen LogP contribution in [0.25, 0.3) is 0 Å². The van der Waals surface area contributed by atoms with Crippen LogP contribution in [-0.2, 0) is 20.2 Å². The summed E-state index contributed by atoms with van der Waals surface area (Å²) >= 11 is 0. The van der Waals surface area contributed by atoms with E-state index in [1.807, 2.05) is 19.1 Å². The highest BCUT2D eigenvalue weighted by Gasteiger charge is 2.33. The predicted octanol–water partition coefficient (Wildman–Crippen LogP) is 2.35. The smallest absolute Gasteiger partial charge is 0.423 e. The highest BCUT2D eigenvalue weighted by atomic mass is 28.3. The molecule has 0 bridgehead atoms. The molecular formula is C15H23O4Si. The number of benzene rings is 1. The van der Waals surface area contributed by atoms with Crippen LogP contribution in [0.4, 0.5) is 0 Å². The Bertz CT molecular complexity index is 459. The molecule has 1 aromatic rings. The van der Waals surface area contributed by atoms with Crippen molar-refractivity contribution < 1.29 is 18.3 Å².